The minimum Gasteiger partial charge on any atom is -0.376 e. The molecule has 3 aromatic carbocycles. The van der Waals surface area contributed by atoms with Crippen molar-refractivity contribution in [2.24, 2.45) is 0 Å². The molecule has 172 valence electrons. The van der Waals surface area contributed by atoms with Crippen LogP contribution in [0.1, 0.15) is 27.9 Å². The van der Waals surface area contributed by atoms with E-state index in [0.29, 0.717) is 5.56 Å². The van der Waals surface area contributed by atoms with Crippen LogP contribution in [-0.4, -0.2) is 22.9 Å². The number of alkyl halides is 3. The van der Waals surface area contributed by atoms with Crippen molar-refractivity contribution in [2.75, 3.05) is 5.32 Å². The summed E-state index contributed by atoms with van der Waals surface area (Å²) >= 11 is 17.8. The molecule has 1 amide bonds. The molecule has 0 saturated carbocycles. The molecular weight excluding hydrogens is 500 g/mol. The molecule has 0 radical (unpaired) electrons. The monoisotopic (exact) mass is 514 g/mol. The summed E-state index contributed by atoms with van der Waals surface area (Å²) in [5.74, 6) is -0.485. The molecule has 0 aliphatic carbocycles. The van der Waals surface area contributed by atoms with Crippen LogP contribution in [0.25, 0.3) is 0 Å². The average molecular weight is 516 g/mol. The zero-order valence-electron chi connectivity index (χ0n) is 16.7. The van der Waals surface area contributed by atoms with Gasteiger partial charge in [-0.25, -0.2) is 0 Å². The predicted octanol–water partition coefficient (Wildman–Crippen LogP) is 7.11. The van der Waals surface area contributed by atoms with Crippen LogP contribution in [0.4, 0.5) is 18.9 Å². The van der Waals surface area contributed by atoms with Crippen molar-refractivity contribution in [3.63, 3.8) is 0 Å². The van der Waals surface area contributed by atoms with E-state index in [4.69, 9.17) is 40.2 Å². The molecule has 10 heteroatoms. The van der Waals surface area contributed by atoms with E-state index in [1.54, 1.807) is 30.3 Å². The van der Waals surface area contributed by atoms with Gasteiger partial charge in [-0.05, 0) is 53.6 Å². The minimum atomic E-state index is -5.13. The first-order valence-corrected chi connectivity index (χ1v) is 10.5. The SMILES string of the molecule is N=C(CC(O)(c1cc(Cl)cc(Cl)c1)C(F)(F)F)c1ccc(Cl)c(NC(=O)c2ccccc2)c1. The van der Waals surface area contributed by atoms with Gasteiger partial charge in [-0.15, -0.1) is 0 Å². The molecule has 0 saturated heterocycles. The Morgan fingerprint density at radius 1 is 0.909 bits per heavy atom. The fraction of sp³-hybridized carbons (Fsp3) is 0.130. The van der Waals surface area contributed by atoms with Crippen molar-refractivity contribution in [1.29, 1.82) is 5.41 Å². The molecule has 3 N–H and O–H groups in total. The van der Waals surface area contributed by atoms with Gasteiger partial charge in [0.05, 0.1) is 10.7 Å². The molecule has 3 rings (SSSR count). The number of nitrogens with one attached hydrogen (secondary N) is 2. The van der Waals surface area contributed by atoms with E-state index in [2.05, 4.69) is 5.32 Å². The number of rotatable bonds is 6. The Kier molecular flexibility index (Phi) is 7.39. The van der Waals surface area contributed by atoms with Gasteiger partial charge in [0.2, 0.25) is 0 Å². The summed E-state index contributed by atoms with van der Waals surface area (Å²) in [5.41, 5.74) is -4.08. The second-order valence-electron chi connectivity index (χ2n) is 7.19. The quantitative estimate of drug-likeness (QED) is 0.306. The highest BCUT2D eigenvalue weighted by Gasteiger charge is 2.55. The highest BCUT2D eigenvalue weighted by atomic mass is 35.5. The summed E-state index contributed by atoms with van der Waals surface area (Å²) in [7, 11) is 0. The smallest absolute Gasteiger partial charge is 0.376 e. The number of carbonyl (C=O) groups is 1. The molecule has 33 heavy (non-hydrogen) atoms. The first kappa shape index (κ1) is 25.1. The van der Waals surface area contributed by atoms with E-state index >= 15 is 0 Å². The van der Waals surface area contributed by atoms with Gasteiger partial charge in [0, 0.05) is 27.7 Å². The van der Waals surface area contributed by atoms with Gasteiger partial charge in [0.1, 0.15) is 0 Å². The summed E-state index contributed by atoms with van der Waals surface area (Å²) in [6.07, 6.45) is -6.26. The second-order valence-corrected chi connectivity index (χ2v) is 8.47. The van der Waals surface area contributed by atoms with E-state index < -0.39 is 35.4 Å². The lowest BCUT2D eigenvalue weighted by Gasteiger charge is -2.31. The molecule has 0 aliphatic heterocycles. The van der Waals surface area contributed by atoms with Crippen molar-refractivity contribution in [1.82, 2.24) is 0 Å². The Hall–Kier alpha value is -2.58. The Labute approximate surface area is 202 Å². The standard InChI is InChI=1S/C23H16Cl3F3N2O2/c24-16-9-15(10-17(25)11-16)22(33,23(27,28)29)12-19(30)14-6-7-18(26)20(8-14)31-21(32)13-4-2-1-3-5-13/h1-11,30,33H,12H2,(H,31,32). The van der Waals surface area contributed by atoms with Crippen LogP contribution in [0.15, 0.2) is 66.7 Å². The van der Waals surface area contributed by atoms with E-state index in [9.17, 15) is 23.1 Å². The summed E-state index contributed by atoms with van der Waals surface area (Å²) in [4.78, 5) is 12.4. The van der Waals surface area contributed by atoms with Crippen molar-refractivity contribution in [3.8, 4) is 0 Å². The Morgan fingerprint density at radius 2 is 1.52 bits per heavy atom. The van der Waals surface area contributed by atoms with Gasteiger partial charge in [0.15, 0.2) is 5.60 Å². The molecule has 0 aromatic heterocycles. The van der Waals surface area contributed by atoms with Crippen LogP contribution in [0.3, 0.4) is 0 Å². The highest BCUT2D eigenvalue weighted by Crippen LogP contribution is 2.44. The number of amides is 1. The number of carbonyl (C=O) groups excluding carboxylic acids is 1. The zero-order valence-corrected chi connectivity index (χ0v) is 18.9. The Morgan fingerprint density at radius 3 is 2.09 bits per heavy atom. The number of hydrogen-bond acceptors (Lipinski definition) is 3. The van der Waals surface area contributed by atoms with Crippen molar-refractivity contribution in [2.45, 2.75) is 18.2 Å². The third-order valence-corrected chi connectivity index (χ3v) is 5.61. The molecule has 0 fully saturated rings. The van der Waals surface area contributed by atoms with E-state index in [0.717, 1.165) is 12.1 Å². The summed E-state index contributed by atoms with van der Waals surface area (Å²) < 4.78 is 41.8. The molecule has 3 aromatic rings. The van der Waals surface area contributed by atoms with Gasteiger partial charge in [-0.3, -0.25) is 4.79 Å². The first-order valence-electron chi connectivity index (χ1n) is 9.40. The summed E-state index contributed by atoms with van der Waals surface area (Å²) in [6.45, 7) is 0. The third kappa shape index (κ3) is 5.68. The van der Waals surface area contributed by atoms with Crippen LogP contribution in [0.5, 0.6) is 0 Å². The largest absolute Gasteiger partial charge is 0.421 e. The number of hydrogen-bond donors (Lipinski definition) is 3. The highest BCUT2D eigenvalue weighted by molar-refractivity contribution is 6.35. The zero-order chi connectivity index (χ0) is 24.4. The fourth-order valence-electron chi connectivity index (χ4n) is 3.11. The topological polar surface area (TPSA) is 73.2 Å². The van der Waals surface area contributed by atoms with Gasteiger partial charge in [0.25, 0.3) is 5.91 Å². The molecule has 0 aliphatic rings. The van der Waals surface area contributed by atoms with Crippen LogP contribution < -0.4 is 5.32 Å². The van der Waals surface area contributed by atoms with Crippen molar-refractivity contribution < 1.29 is 23.1 Å². The number of anilines is 1. The van der Waals surface area contributed by atoms with Crippen LogP contribution in [0, 0.1) is 5.41 Å². The second kappa shape index (κ2) is 9.73. The van der Waals surface area contributed by atoms with Gasteiger partial charge in [-0.1, -0.05) is 59.1 Å². The summed E-state index contributed by atoms with van der Waals surface area (Å²) in [6, 6.07) is 15.3. The number of benzene rings is 3. The lowest BCUT2D eigenvalue weighted by Crippen LogP contribution is -2.44. The van der Waals surface area contributed by atoms with E-state index in [-0.39, 0.29) is 26.3 Å². The predicted molar refractivity (Wildman–Crippen MR) is 124 cm³/mol. The molecule has 4 nitrogen and oxygen atoms in total. The molecule has 0 spiro atoms. The molecule has 1 unspecified atom stereocenters. The first-order chi connectivity index (χ1) is 15.4. The molecule has 0 heterocycles. The van der Waals surface area contributed by atoms with Crippen LogP contribution >= 0.6 is 34.8 Å². The molecular formula is C23H16Cl3F3N2O2. The summed E-state index contributed by atoms with van der Waals surface area (Å²) in [5, 5.41) is 21.4. The minimum absolute atomic E-state index is 0.0264. The van der Waals surface area contributed by atoms with Crippen LogP contribution in [0.2, 0.25) is 15.1 Å². The number of aliphatic hydroxyl groups is 1. The fourth-order valence-corrected chi connectivity index (χ4v) is 3.80. The molecule has 0 bridgehead atoms. The lowest BCUT2D eigenvalue weighted by atomic mass is 9.86. The van der Waals surface area contributed by atoms with Gasteiger partial charge < -0.3 is 15.8 Å². The van der Waals surface area contributed by atoms with Gasteiger partial charge in [-0.2, -0.15) is 13.2 Å². The van der Waals surface area contributed by atoms with E-state index in [1.165, 1.54) is 24.3 Å². The maximum atomic E-state index is 13.9. The number of halogens is 6. The van der Waals surface area contributed by atoms with Gasteiger partial charge >= 0.3 is 6.18 Å². The van der Waals surface area contributed by atoms with E-state index in [1.807, 2.05) is 0 Å². The molecule has 1 atom stereocenters. The lowest BCUT2D eigenvalue weighted by molar-refractivity contribution is -0.263. The Bertz CT molecular complexity index is 1180. The average Bonchev–Trinajstić information content (AvgIpc) is 2.74. The third-order valence-electron chi connectivity index (χ3n) is 4.84. The normalized spacial score (nSPS) is 13.3. The maximum Gasteiger partial charge on any atom is 0.421 e. The Balaban J connectivity index is 1.92. The van der Waals surface area contributed by atoms with Crippen molar-refractivity contribution >= 4 is 52.1 Å². The maximum absolute atomic E-state index is 13.9. The van der Waals surface area contributed by atoms with Crippen molar-refractivity contribution in [3.05, 3.63) is 98.5 Å². The van der Waals surface area contributed by atoms with Crippen LogP contribution in [-0.2, 0) is 5.60 Å².